The van der Waals surface area contributed by atoms with E-state index >= 15 is 0 Å². The van der Waals surface area contributed by atoms with Crippen molar-refractivity contribution in [3.63, 3.8) is 0 Å². The van der Waals surface area contributed by atoms with Gasteiger partial charge in [-0.3, -0.25) is 0 Å². The second-order valence-electron chi connectivity index (χ2n) is 5.12. The monoisotopic (exact) mass is 284 g/mol. The Hall–Kier alpha value is -1.82. The summed E-state index contributed by atoms with van der Waals surface area (Å²) < 4.78 is 13.1. The van der Waals surface area contributed by atoms with Crippen molar-refractivity contribution < 1.29 is 19.4 Å². The fourth-order valence-electron chi connectivity index (χ4n) is 1.83. The predicted octanol–water partition coefficient (Wildman–Crippen LogP) is 1.74. The number of aliphatic hydroxyl groups excluding tert-OH is 1. The van der Waals surface area contributed by atoms with Crippen molar-refractivity contribution in [2.45, 2.75) is 32.9 Å². The van der Waals surface area contributed by atoms with E-state index in [2.05, 4.69) is 10.6 Å². The summed E-state index contributed by atoms with van der Waals surface area (Å²) >= 11 is 0. The lowest BCUT2D eigenvalue weighted by molar-refractivity contribution is 0.206. The highest BCUT2D eigenvalue weighted by Gasteiger charge is 2.12. The van der Waals surface area contributed by atoms with Crippen LogP contribution in [0.3, 0.4) is 0 Å². The molecule has 112 valence electrons. The molecule has 0 heterocycles. The number of benzene rings is 1. The van der Waals surface area contributed by atoms with E-state index in [0.29, 0.717) is 17.9 Å². The van der Waals surface area contributed by atoms with Crippen molar-refractivity contribution >= 4 is 6.03 Å². The minimum atomic E-state index is -0.724. The second-order valence-corrected chi connectivity index (χ2v) is 5.12. The molecule has 1 atom stereocenters. The van der Waals surface area contributed by atoms with Gasteiger partial charge in [0.05, 0.1) is 12.6 Å². The van der Waals surface area contributed by atoms with E-state index in [1.165, 1.54) is 12.1 Å². The van der Waals surface area contributed by atoms with Crippen LogP contribution < -0.4 is 10.6 Å². The SMILES string of the molecule is CC(C)CC(CO)NC(=O)NCc1ccc(O)c(F)c1. The van der Waals surface area contributed by atoms with E-state index in [1.807, 2.05) is 13.8 Å². The molecule has 1 aromatic carbocycles. The molecule has 0 spiro atoms. The first kappa shape index (κ1) is 16.2. The number of halogens is 1. The van der Waals surface area contributed by atoms with Crippen LogP contribution in [0.1, 0.15) is 25.8 Å². The molecule has 0 aliphatic carbocycles. The Kier molecular flexibility index (Phi) is 6.24. The molecule has 2 amide bonds. The molecule has 4 N–H and O–H groups in total. The van der Waals surface area contributed by atoms with Crippen LogP contribution in [0.4, 0.5) is 9.18 Å². The third-order valence-corrected chi connectivity index (χ3v) is 2.78. The Morgan fingerprint density at radius 3 is 2.65 bits per heavy atom. The molecule has 0 radical (unpaired) electrons. The van der Waals surface area contributed by atoms with Crippen LogP contribution in [0.2, 0.25) is 0 Å². The van der Waals surface area contributed by atoms with E-state index < -0.39 is 17.6 Å². The number of hydrogen-bond donors (Lipinski definition) is 4. The van der Waals surface area contributed by atoms with Gasteiger partial charge >= 0.3 is 6.03 Å². The van der Waals surface area contributed by atoms with Gasteiger partial charge in [-0.2, -0.15) is 0 Å². The van der Waals surface area contributed by atoms with Gasteiger partial charge in [-0.05, 0) is 30.0 Å². The maximum atomic E-state index is 13.1. The number of phenolic OH excluding ortho intramolecular Hbond substituents is 1. The first-order valence-corrected chi connectivity index (χ1v) is 6.55. The largest absolute Gasteiger partial charge is 0.505 e. The molecule has 0 aliphatic heterocycles. The Labute approximate surface area is 117 Å². The maximum Gasteiger partial charge on any atom is 0.315 e. The number of nitrogens with one attached hydrogen (secondary N) is 2. The molecule has 6 heteroatoms. The van der Waals surface area contributed by atoms with Crippen LogP contribution in [0.15, 0.2) is 18.2 Å². The number of hydrogen-bond acceptors (Lipinski definition) is 3. The zero-order chi connectivity index (χ0) is 15.1. The van der Waals surface area contributed by atoms with E-state index in [-0.39, 0.29) is 19.2 Å². The summed E-state index contributed by atoms with van der Waals surface area (Å²) in [5, 5.41) is 23.4. The highest BCUT2D eigenvalue weighted by molar-refractivity contribution is 5.74. The van der Waals surface area contributed by atoms with Gasteiger partial charge in [0.25, 0.3) is 0 Å². The molecule has 0 aromatic heterocycles. The number of rotatable bonds is 6. The molecular formula is C14H21FN2O3. The van der Waals surface area contributed by atoms with Gasteiger partial charge in [0.1, 0.15) is 0 Å². The number of carbonyl (C=O) groups excluding carboxylic acids is 1. The molecule has 0 aliphatic rings. The maximum absolute atomic E-state index is 13.1. The average molecular weight is 284 g/mol. The van der Waals surface area contributed by atoms with Gasteiger partial charge < -0.3 is 20.8 Å². The fourth-order valence-corrected chi connectivity index (χ4v) is 1.83. The van der Waals surface area contributed by atoms with Gasteiger partial charge in [0, 0.05) is 6.54 Å². The van der Waals surface area contributed by atoms with Crippen LogP contribution in [-0.4, -0.2) is 28.9 Å². The van der Waals surface area contributed by atoms with Gasteiger partial charge in [0.15, 0.2) is 11.6 Å². The number of aromatic hydroxyl groups is 1. The smallest absolute Gasteiger partial charge is 0.315 e. The van der Waals surface area contributed by atoms with Gasteiger partial charge in [-0.25, -0.2) is 9.18 Å². The number of carbonyl (C=O) groups is 1. The van der Waals surface area contributed by atoms with Crippen LogP contribution in [-0.2, 0) is 6.54 Å². The Bertz CT molecular complexity index is 452. The minimum absolute atomic E-state index is 0.126. The molecule has 0 saturated heterocycles. The summed E-state index contributed by atoms with van der Waals surface area (Å²) in [6, 6.07) is 3.20. The molecule has 0 saturated carbocycles. The summed E-state index contributed by atoms with van der Waals surface area (Å²) in [5.74, 6) is -0.785. The third kappa shape index (κ3) is 5.44. The molecule has 0 bridgehead atoms. The van der Waals surface area contributed by atoms with E-state index in [0.717, 1.165) is 6.07 Å². The Morgan fingerprint density at radius 2 is 2.10 bits per heavy atom. The van der Waals surface area contributed by atoms with Gasteiger partial charge in [-0.1, -0.05) is 19.9 Å². The Morgan fingerprint density at radius 1 is 1.40 bits per heavy atom. The lowest BCUT2D eigenvalue weighted by atomic mass is 10.0. The average Bonchev–Trinajstić information content (AvgIpc) is 2.39. The lowest BCUT2D eigenvalue weighted by Gasteiger charge is -2.18. The van der Waals surface area contributed by atoms with Gasteiger partial charge in [0.2, 0.25) is 0 Å². The van der Waals surface area contributed by atoms with E-state index in [9.17, 15) is 9.18 Å². The normalized spacial score (nSPS) is 12.2. The number of phenols is 1. The van der Waals surface area contributed by atoms with E-state index in [4.69, 9.17) is 10.2 Å². The van der Waals surface area contributed by atoms with Crippen LogP contribution in [0, 0.1) is 11.7 Å². The summed E-state index contributed by atoms with van der Waals surface area (Å²) in [6.07, 6.45) is 0.678. The first-order valence-electron chi connectivity index (χ1n) is 6.55. The standard InChI is InChI=1S/C14H21FN2O3/c1-9(2)5-11(8-18)17-14(20)16-7-10-3-4-13(19)12(15)6-10/h3-4,6,9,11,18-19H,5,7-8H2,1-2H3,(H2,16,17,20). The highest BCUT2D eigenvalue weighted by atomic mass is 19.1. The molecular weight excluding hydrogens is 263 g/mol. The quantitative estimate of drug-likeness (QED) is 0.642. The lowest BCUT2D eigenvalue weighted by Crippen LogP contribution is -2.44. The first-order chi connectivity index (χ1) is 9.42. The number of urea groups is 1. The number of amides is 2. The number of aliphatic hydroxyl groups is 1. The van der Waals surface area contributed by atoms with Crippen molar-refractivity contribution in [1.82, 2.24) is 10.6 Å². The van der Waals surface area contributed by atoms with Crippen molar-refractivity contribution in [1.29, 1.82) is 0 Å². The predicted molar refractivity (Wildman–Crippen MR) is 73.8 cm³/mol. The summed E-state index contributed by atoms with van der Waals surface area (Å²) in [5.41, 5.74) is 0.542. The minimum Gasteiger partial charge on any atom is -0.505 e. The Balaban J connectivity index is 2.44. The molecule has 1 rings (SSSR count). The summed E-state index contributed by atoms with van der Waals surface area (Å²) in [6.45, 7) is 4.02. The van der Waals surface area contributed by atoms with Gasteiger partial charge in [-0.15, -0.1) is 0 Å². The third-order valence-electron chi connectivity index (χ3n) is 2.78. The zero-order valence-corrected chi connectivity index (χ0v) is 11.7. The van der Waals surface area contributed by atoms with Crippen LogP contribution in [0.25, 0.3) is 0 Å². The van der Waals surface area contributed by atoms with Crippen molar-refractivity contribution in [2.24, 2.45) is 5.92 Å². The van der Waals surface area contributed by atoms with Crippen molar-refractivity contribution in [2.75, 3.05) is 6.61 Å². The molecule has 1 aromatic rings. The molecule has 0 fully saturated rings. The van der Waals surface area contributed by atoms with Crippen molar-refractivity contribution in [3.8, 4) is 5.75 Å². The fraction of sp³-hybridized carbons (Fsp3) is 0.500. The highest BCUT2D eigenvalue weighted by Crippen LogP contribution is 2.15. The van der Waals surface area contributed by atoms with E-state index in [1.54, 1.807) is 0 Å². The summed E-state index contributed by atoms with van der Waals surface area (Å²) in [7, 11) is 0. The molecule has 20 heavy (non-hydrogen) atoms. The second kappa shape index (κ2) is 7.69. The zero-order valence-electron chi connectivity index (χ0n) is 11.7. The molecule has 5 nitrogen and oxygen atoms in total. The van der Waals surface area contributed by atoms with Crippen LogP contribution >= 0.6 is 0 Å². The molecule has 1 unspecified atom stereocenters. The summed E-state index contributed by atoms with van der Waals surface area (Å²) in [4.78, 5) is 11.6. The van der Waals surface area contributed by atoms with Crippen LogP contribution in [0.5, 0.6) is 5.75 Å². The topological polar surface area (TPSA) is 81.6 Å². The van der Waals surface area contributed by atoms with Crippen molar-refractivity contribution in [3.05, 3.63) is 29.6 Å².